The number of likely N-dealkylation sites (tertiary alicyclic amines) is 1. The number of halogens is 4. The van der Waals surface area contributed by atoms with Crippen molar-refractivity contribution in [3.63, 3.8) is 0 Å². The Hall–Kier alpha value is -1.47. The van der Waals surface area contributed by atoms with Crippen molar-refractivity contribution in [1.82, 2.24) is 4.90 Å². The molecule has 1 aliphatic carbocycles. The molecule has 8 heteroatoms. The molecule has 0 aromatic heterocycles. The summed E-state index contributed by atoms with van der Waals surface area (Å²) in [6, 6.07) is 6.12. The topological polar surface area (TPSA) is 55.6 Å². The number of nitrogens with two attached hydrogens (primary N) is 1. The van der Waals surface area contributed by atoms with Gasteiger partial charge in [-0.3, -0.25) is 4.79 Å². The van der Waals surface area contributed by atoms with Gasteiger partial charge < -0.3 is 15.4 Å². The van der Waals surface area contributed by atoms with E-state index < -0.39 is 6.36 Å². The molecule has 1 saturated carbocycles. The van der Waals surface area contributed by atoms with Crippen LogP contribution in [0.5, 0.6) is 5.75 Å². The third kappa shape index (κ3) is 4.82. The first-order chi connectivity index (χ1) is 11.8. The first-order valence-electron chi connectivity index (χ1n) is 8.65. The Balaban J connectivity index is 0.00000243. The van der Waals surface area contributed by atoms with Crippen molar-refractivity contribution in [2.45, 2.75) is 44.5 Å². The standard InChI is InChI=1S/C18H23F3N2O2.ClH/c1-11(22)12-5-4-8-23(10-12)17(24)15-9-14(15)13-6-2-3-7-16(13)25-18(19,20)21;/h2-3,6-7,11-12,14-15H,4-5,8-10,22H2,1H3;1H. The van der Waals surface area contributed by atoms with E-state index in [1.807, 2.05) is 11.8 Å². The highest BCUT2D eigenvalue weighted by Gasteiger charge is 2.48. The van der Waals surface area contributed by atoms with E-state index in [-0.39, 0.29) is 47.9 Å². The maximum absolute atomic E-state index is 12.7. The third-order valence-electron chi connectivity index (χ3n) is 5.16. The van der Waals surface area contributed by atoms with Crippen LogP contribution in [0.2, 0.25) is 0 Å². The number of ether oxygens (including phenoxy) is 1. The number of carbonyl (C=O) groups is 1. The normalized spacial score (nSPS) is 26.7. The molecule has 1 amide bonds. The lowest BCUT2D eigenvalue weighted by Gasteiger charge is -2.35. The van der Waals surface area contributed by atoms with E-state index in [1.54, 1.807) is 12.1 Å². The van der Waals surface area contributed by atoms with Gasteiger partial charge in [-0.15, -0.1) is 25.6 Å². The molecular formula is C18H24ClF3N2O2. The van der Waals surface area contributed by atoms with Crippen LogP contribution in [0, 0.1) is 11.8 Å². The van der Waals surface area contributed by atoms with E-state index in [0.29, 0.717) is 25.1 Å². The highest BCUT2D eigenvalue weighted by atomic mass is 35.5. The van der Waals surface area contributed by atoms with Crippen molar-refractivity contribution >= 4 is 18.3 Å². The van der Waals surface area contributed by atoms with Crippen molar-refractivity contribution in [1.29, 1.82) is 0 Å². The van der Waals surface area contributed by atoms with Gasteiger partial charge in [-0.2, -0.15) is 0 Å². The summed E-state index contributed by atoms with van der Waals surface area (Å²) in [5.74, 6) is -0.359. The predicted octanol–water partition coefficient (Wildman–Crippen LogP) is 3.70. The van der Waals surface area contributed by atoms with Gasteiger partial charge in [0.05, 0.1) is 0 Å². The van der Waals surface area contributed by atoms with Crippen LogP contribution in [0.4, 0.5) is 13.2 Å². The van der Waals surface area contributed by atoms with Gasteiger partial charge in [0.1, 0.15) is 5.75 Å². The molecule has 0 spiro atoms. The smallest absolute Gasteiger partial charge is 0.405 e. The number of alkyl halides is 3. The zero-order valence-corrected chi connectivity index (χ0v) is 15.4. The fourth-order valence-electron chi connectivity index (χ4n) is 3.69. The van der Waals surface area contributed by atoms with Crippen LogP contribution in [-0.2, 0) is 4.79 Å². The van der Waals surface area contributed by atoms with Crippen LogP contribution in [-0.4, -0.2) is 36.3 Å². The van der Waals surface area contributed by atoms with Gasteiger partial charge in [0.25, 0.3) is 0 Å². The summed E-state index contributed by atoms with van der Waals surface area (Å²) in [5.41, 5.74) is 6.41. The van der Waals surface area contributed by atoms with Crippen LogP contribution in [0.25, 0.3) is 0 Å². The van der Waals surface area contributed by atoms with Crippen molar-refractivity contribution in [2.75, 3.05) is 13.1 Å². The summed E-state index contributed by atoms with van der Waals surface area (Å²) in [7, 11) is 0. The van der Waals surface area contributed by atoms with Gasteiger partial charge in [-0.25, -0.2) is 0 Å². The summed E-state index contributed by atoms with van der Waals surface area (Å²) in [6.45, 7) is 3.29. The zero-order chi connectivity index (χ0) is 18.2. The number of amides is 1. The molecule has 26 heavy (non-hydrogen) atoms. The average molecular weight is 393 g/mol. The maximum Gasteiger partial charge on any atom is 0.573 e. The Morgan fingerprint density at radius 2 is 2.04 bits per heavy atom. The van der Waals surface area contributed by atoms with Crippen LogP contribution in [0.15, 0.2) is 24.3 Å². The molecule has 146 valence electrons. The first-order valence-corrected chi connectivity index (χ1v) is 8.65. The molecule has 2 fully saturated rings. The molecule has 1 saturated heterocycles. The summed E-state index contributed by atoms with van der Waals surface area (Å²) in [4.78, 5) is 14.6. The molecule has 0 radical (unpaired) electrons. The Morgan fingerprint density at radius 3 is 2.69 bits per heavy atom. The number of hydrogen-bond donors (Lipinski definition) is 1. The summed E-state index contributed by atoms with van der Waals surface area (Å²) in [5, 5.41) is 0. The lowest BCUT2D eigenvalue weighted by molar-refractivity contribution is -0.274. The van der Waals surface area contributed by atoms with E-state index >= 15 is 0 Å². The van der Waals surface area contributed by atoms with Gasteiger partial charge in [0, 0.05) is 25.0 Å². The minimum Gasteiger partial charge on any atom is -0.405 e. The predicted molar refractivity (Wildman–Crippen MR) is 94.2 cm³/mol. The highest BCUT2D eigenvalue weighted by Crippen LogP contribution is 2.52. The van der Waals surface area contributed by atoms with Gasteiger partial charge in [-0.1, -0.05) is 18.2 Å². The van der Waals surface area contributed by atoms with Crippen molar-refractivity contribution in [3.8, 4) is 5.75 Å². The molecule has 0 bridgehead atoms. The fourth-order valence-corrected chi connectivity index (χ4v) is 3.69. The van der Waals surface area contributed by atoms with Crippen molar-refractivity contribution < 1.29 is 22.7 Å². The molecule has 1 aliphatic heterocycles. The SMILES string of the molecule is CC(N)C1CCCN(C(=O)C2CC2c2ccccc2OC(F)(F)F)C1.Cl. The second-order valence-electron chi connectivity index (χ2n) is 7.08. The number of carbonyl (C=O) groups excluding carboxylic acids is 1. The second kappa shape index (κ2) is 8.05. The highest BCUT2D eigenvalue weighted by molar-refractivity contribution is 5.85. The molecule has 2 N–H and O–H groups in total. The number of piperidine rings is 1. The van der Waals surface area contributed by atoms with Gasteiger partial charge in [-0.05, 0) is 49.7 Å². The number of para-hydroxylation sites is 1. The quantitative estimate of drug-likeness (QED) is 0.850. The van der Waals surface area contributed by atoms with E-state index in [4.69, 9.17) is 5.73 Å². The van der Waals surface area contributed by atoms with Crippen LogP contribution >= 0.6 is 12.4 Å². The monoisotopic (exact) mass is 392 g/mol. The molecule has 1 aromatic rings. The fraction of sp³-hybridized carbons (Fsp3) is 0.611. The Kier molecular flexibility index (Phi) is 6.45. The Morgan fingerprint density at radius 1 is 1.35 bits per heavy atom. The Bertz CT molecular complexity index is 639. The lowest BCUT2D eigenvalue weighted by Crippen LogP contribution is -2.45. The van der Waals surface area contributed by atoms with Crippen LogP contribution in [0.3, 0.4) is 0 Å². The third-order valence-corrected chi connectivity index (χ3v) is 5.16. The molecule has 4 nitrogen and oxygen atoms in total. The number of hydrogen-bond acceptors (Lipinski definition) is 3. The largest absolute Gasteiger partial charge is 0.573 e. The first kappa shape index (κ1) is 20.8. The molecule has 2 aliphatic rings. The summed E-state index contributed by atoms with van der Waals surface area (Å²) >= 11 is 0. The number of benzene rings is 1. The average Bonchev–Trinajstić information content (AvgIpc) is 3.33. The lowest BCUT2D eigenvalue weighted by atomic mass is 9.92. The number of rotatable bonds is 4. The second-order valence-corrected chi connectivity index (χ2v) is 7.08. The minimum atomic E-state index is -4.73. The van der Waals surface area contributed by atoms with Gasteiger partial charge >= 0.3 is 6.36 Å². The molecular weight excluding hydrogens is 369 g/mol. The van der Waals surface area contributed by atoms with Crippen molar-refractivity contribution in [2.24, 2.45) is 17.6 Å². The van der Waals surface area contributed by atoms with E-state index in [0.717, 1.165) is 12.8 Å². The van der Waals surface area contributed by atoms with Gasteiger partial charge in [0.2, 0.25) is 5.91 Å². The van der Waals surface area contributed by atoms with Crippen molar-refractivity contribution in [3.05, 3.63) is 29.8 Å². The molecule has 4 unspecified atom stereocenters. The van der Waals surface area contributed by atoms with Crippen LogP contribution in [0.1, 0.15) is 37.7 Å². The van der Waals surface area contributed by atoms with E-state index in [1.165, 1.54) is 12.1 Å². The maximum atomic E-state index is 12.7. The molecule has 3 rings (SSSR count). The number of nitrogens with zero attached hydrogens (tertiary/aromatic N) is 1. The molecule has 1 aromatic carbocycles. The summed E-state index contributed by atoms with van der Waals surface area (Å²) < 4.78 is 41.8. The Labute approximate surface area is 157 Å². The zero-order valence-electron chi connectivity index (χ0n) is 14.5. The molecule has 1 heterocycles. The van der Waals surface area contributed by atoms with Gasteiger partial charge in [0.15, 0.2) is 0 Å². The minimum absolute atomic E-state index is 0. The summed E-state index contributed by atoms with van der Waals surface area (Å²) in [6.07, 6.45) is -2.24. The van der Waals surface area contributed by atoms with E-state index in [9.17, 15) is 18.0 Å². The van der Waals surface area contributed by atoms with E-state index in [2.05, 4.69) is 4.74 Å². The van der Waals surface area contributed by atoms with Crippen LogP contribution < -0.4 is 10.5 Å². The molecule has 4 atom stereocenters.